The van der Waals surface area contributed by atoms with Gasteiger partial charge < -0.3 is 25.2 Å². The number of ketones is 1. The van der Waals surface area contributed by atoms with Crippen molar-refractivity contribution < 1.29 is 29.0 Å². The highest BCUT2D eigenvalue weighted by Gasteiger charge is 2.19. The predicted molar refractivity (Wildman–Crippen MR) is 101 cm³/mol. The monoisotopic (exact) mass is 400 g/mol. The lowest BCUT2D eigenvalue weighted by atomic mass is 10.1. The molecule has 1 fully saturated rings. The van der Waals surface area contributed by atoms with E-state index in [2.05, 4.69) is 10.6 Å². The molecule has 0 aliphatic carbocycles. The summed E-state index contributed by atoms with van der Waals surface area (Å²) < 4.78 is 10.6. The molecule has 1 aromatic carbocycles. The van der Waals surface area contributed by atoms with Crippen molar-refractivity contribution >= 4 is 30.1 Å². The highest BCUT2D eigenvalue weighted by Crippen LogP contribution is 2.13. The number of benzene rings is 1. The first-order valence-electron chi connectivity index (χ1n) is 8.56. The maximum Gasteiger partial charge on any atom is 0.341 e. The second-order valence-corrected chi connectivity index (χ2v) is 6.12. The van der Waals surface area contributed by atoms with Gasteiger partial charge in [-0.2, -0.15) is 0 Å². The summed E-state index contributed by atoms with van der Waals surface area (Å²) in [6.07, 6.45) is 1.82. The zero-order chi connectivity index (χ0) is 18.9. The van der Waals surface area contributed by atoms with Gasteiger partial charge in [0.25, 0.3) is 0 Å². The number of carboxylic acid groups (broad SMARTS) is 1. The van der Waals surface area contributed by atoms with Crippen molar-refractivity contribution in [3.05, 3.63) is 29.8 Å². The predicted octanol–water partition coefficient (Wildman–Crippen LogP) is 1.03. The van der Waals surface area contributed by atoms with Crippen molar-refractivity contribution in [2.75, 3.05) is 26.3 Å². The van der Waals surface area contributed by atoms with E-state index in [4.69, 9.17) is 14.6 Å². The second kappa shape index (κ2) is 11.5. The van der Waals surface area contributed by atoms with Crippen LogP contribution in [0.4, 0.5) is 0 Å². The summed E-state index contributed by atoms with van der Waals surface area (Å²) >= 11 is 0. The number of nitrogens with one attached hydrogen (secondary N) is 2. The quantitative estimate of drug-likeness (QED) is 0.530. The molecule has 0 spiro atoms. The summed E-state index contributed by atoms with van der Waals surface area (Å²) in [6, 6.07) is 5.42. The summed E-state index contributed by atoms with van der Waals surface area (Å²) in [5.41, 5.74) is 0.403. The first-order valence-corrected chi connectivity index (χ1v) is 8.56. The van der Waals surface area contributed by atoms with Crippen LogP contribution in [0.2, 0.25) is 0 Å². The van der Waals surface area contributed by atoms with Crippen molar-refractivity contribution in [1.82, 2.24) is 10.6 Å². The topological polar surface area (TPSA) is 114 Å². The van der Waals surface area contributed by atoms with E-state index in [1.165, 1.54) is 24.3 Å². The van der Waals surface area contributed by atoms with E-state index in [1.807, 2.05) is 0 Å². The fraction of sp³-hybridized carbons (Fsp3) is 0.500. The molecule has 3 N–H and O–H groups in total. The van der Waals surface area contributed by atoms with Crippen LogP contribution in [0.1, 0.15) is 30.1 Å². The van der Waals surface area contributed by atoms with Crippen LogP contribution >= 0.6 is 12.4 Å². The molecule has 1 aliphatic heterocycles. The summed E-state index contributed by atoms with van der Waals surface area (Å²) in [4.78, 5) is 34.8. The molecule has 1 heterocycles. The minimum absolute atomic E-state index is 0. The number of halogens is 1. The van der Waals surface area contributed by atoms with Gasteiger partial charge in [-0.05, 0) is 57.1 Å². The molecular formula is C18H25ClN2O6. The molecule has 9 heteroatoms. The molecule has 1 unspecified atom stereocenters. The van der Waals surface area contributed by atoms with E-state index in [1.54, 1.807) is 6.92 Å². The lowest BCUT2D eigenvalue weighted by Gasteiger charge is -2.23. The molecule has 2 rings (SSSR count). The molecule has 150 valence electrons. The van der Waals surface area contributed by atoms with Gasteiger partial charge in [-0.25, -0.2) is 4.79 Å². The number of hydrogen-bond acceptors (Lipinski definition) is 6. The van der Waals surface area contributed by atoms with Crippen LogP contribution in [0.5, 0.6) is 5.75 Å². The van der Waals surface area contributed by atoms with E-state index in [-0.39, 0.29) is 36.8 Å². The number of carbonyl (C=O) groups excluding carboxylic acids is 2. The molecule has 0 saturated carbocycles. The first kappa shape index (κ1) is 22.9. The number of ether oxygens (including phenoxy) is 2. The zero-order valence-electron chi connectivity index (χ0n) is 15.1. The fourth-order valence-electron chi connectivity index (χ4n) is 2.61. The van der Waals surface area contributed by atoms with Crippen LogP contribution in [0.3, 0.4) is 0 Å². The molecule has 0 aromatic heterocycles. The standard InChI is InChI=1S/C18H24N2O6.ClH/c1-12(20-16(21)10-25-15-6-8-19-9-7-15)18(24)13-2-4-14(5-3-13)26-11-17(22)23;/h2-5,12,15,19H,6-11H2,1H3,(H,20,21)(H,22,23);1H. The summed E-state index contributed by atoms with van der Waals surface area (Å²) in [5.74, 6) is -1.29. The van der Waals surface area contributed by atoms with Gasteiger partial charge in [0, 0.05) is 5.56 Å². The molecule has 27 heavy (non-hydrogen) atoms. The van der Waals surface area contributed by atoms with Crippen LogP contribution < -0.4 is 15.4 Å². The summed E-state index contributed by atoms with van der Waals surface area (Å²) in [6.45, 7) is 2.86. The highest BCUT2D eigenvalue weighted by molar-refractivity contribution is 6.01. The zero-order valence-corrected chi connectivity index (χ0v) is 15.9. The lowest BCUT2D eigenvalue weighted by molar-refractivity contribution is -0.139. The number of carboxylic acids is 1. The molecule has 0 bridgehead atoms. The van der Waals surface area contributed by atoms with Crippen molar-refractivity contribution in [1.29, 1.82) is 0 Å². The molecule has 1 aromatic rings. The van der Waals surface area contributed by atoms with Gasteiger partial charge in [0.2, 0.25) is 5.91 Å². The van der Waals surface area contributed by atoms with Gasteiger partial charge in [0.15, 0.2) is 12.4 Å². The van der Waals surface area contributed by atoms with E-state index in [0.717, 1.165) is 25.9 Å². The van der Waals surface area contributed by atoms with Gasteiger partial charge in [0.05, 0.1) is 12.1 Å². The third-order valence-electron chi connectivity index (χ3n) is 4.01. The van der Waals surface area contributed by atoms with Crippen molar-refractivity contribution in [2.45, 2.75) is 31.9 Å². The Bertz CT molecular complexity index is 631. The normalized spacial score (nSPS) is 15.3. The summed E-state index contributed by atoms with van der Waals surface area (Å²) in [5, 5.41) is 14.4. The third-order valence-corrected chi connectivity index (χ3v) is 4.01. The fourth-order valence-corrected chi connectivity index (χ4v) is 2.61. The Morgan fingerprint density at radius 1 is 1.19 bits per heavy atom. The first-order chi connectivity index (χ1) is 12.5. The molecule has 0 radical (unpaired) electrons. The molecule has 1 aliphatic rings. The lowest BCUT2D eigenvalue weighted by Crippen LogP contribution is -2.42. The number of carbonyl (C=O) groups is 3. The molecular weight excluding hydrogens is 376 g/mol. The second-order valence-electron chi connectivity index (χ2n) is 6.12. The average Bonchev–Trinajstić information content (AvgIpc) is 2.65. The number of rotatable bonds is 9. The minimum atomic E-state index is -1.08. The van der Waals surface area contributed by atoms with E-state index >= 15 is 0 Å². The minimum Gasteiger partial charge on any atom is -0.482 e. The van der Waals surface area contributed by atoms with E-state index in [9.17, 15) is 14.4 Å². The molecule has 1 atom stereocenters. The largest absolute Gasteiger partial charge is 0.482 e. The third kappa shape index (κ3) is 7.94. The number of piperidine rings is 1. The maximum absolute atomic E-state index is 12.4. The average molecular weight is 401 g/mol. The van der Waals surface area contributed by atoms with Crippen LogP contribution in [-0.2, 0) is 14.3 Å². The molecule has 1 amide bonds. The number of aliphatic carboxylic acids is 1. The number of hydrogen-bond donors (Lipinski definition) is 3. The van der Waals surface area contributed by atoms with Crippen molar-refractivity contribution in [3.63, 3.8) is 0 Å². The highest BCUT2D eigenvalue weighted by atomic mass is 35.5. The van der Waals surface area contributed by atoms with Gasteiger partial charge >= 0.3 is 5.97 Å². The molecule has 1 saturated heterocycles. The number of amides is 1. The van der Waals surface area contributed by atoms with Crippen LogP contribution in [0.15, 0.2) is 24.3 Å². The van der Waals surface area contributed by atoms with Gasteiger partial charge in [-0.3, -0.25) is 9.59 Å². The van der Waals surface area contributed by atoms with Gasteiger partial charge in [0.1, 0.15) is 12.4 Å². The Hall–Kier alpha value is -2.16. The Kier molecular flexibility index (Phi) is 9.77. The van der Waals surface area contributed by atoms with Crippen LogP contribution in [0.25, 0.3) is 0 Å². The van der Waals surface area contributed by atoms with E-state index in [0.29, 0.717) is 11.3 Å². The van der Waals surface area contributed by atoms with Crippen molar-refractivity contribution in [3.8, 4) is 5.75 Å². The van der Waals surface area contributed by atoms with Gasteiger partial charge in [-0.15, -0.1) is 12.4 Å². The van der Waals surface area contributed by atoms with Gasteiger partial charge in [-0.1, -0.05) is 0 Å². The SMILES string of the molecule is CC(NC(=O)COC1CCNCC1)C(=O)c1ccc(OCC(=O)O)cc1.Cl. The Morgan fingerprint density at radius 2 is 1.81 bits per heavy atom. The Balaban J connectivity index is 0.00000364. The van der Waals surface area contributed by atoms with Crippen LogP contribution in [-0.4, -0.2) is 61.2 Å². The Labute approximate surface area is 164 Å². The smallest absolute Gasteiger partial charge is 0.341 e. The molecule has 8 nitrogen and oxygen atoms in total. The number of Topliss-reactive ketones (excluding diaryl/α,β-unsaturated/α-hetero) is 1. The van der Waals surface area contributed by atoms with Crippen LogP contribution in [0, 0.1) is 0 Å². The summed E-state index contributed by atoms with van der Waals surface area (Å²) in [7, 11) is 0. The van der Waals surface area contributed by atoms with Crippen molar-refractivity contribution in [2.24, 2.45) is 0 Å². The van der Waals surface area contributed by atoms with E-state index < -0.39 is 18.6 Å². The maximum atomic E-state index is 12.4. The Morgan fingerprint density at radius 3 is 2.41 bits per heavy atom.